The van der Waals surface area contributed by atoms with E-state index in [-0.39, 0.29) is 11.7 Å². The molecular weight excluding hydrogens is 380 g/mol. The van der Waals surface area contributed by atoms with E-state index >= 15 is 0 Å². The third-order valence-corrected chi connectivity index (χ3v) is 4.82. The van der Waals surface area contributed by atoms with Crippen molar-refractivity contribution in [2.45, 2.75) is 19.0 Å². The number of thioether (sulfide) groups is 1. The molecule has 28 heavy (non-hydrogen) atoms. The van der Waals surface area contributed by atoms with Crippen LogP contribution in [-0.4, -0.2) is 36.4 Å². The van der Waals surface area contributed by atoms with Gasteiger partial charge < -0.3 is 9.84 Å². The monoisotopic (exact) mass is 396 g/mol. The van der Waals surface area contributed by atoms with Gasteiger partial charge >= 0.3 is 5.69 Å². The van der Waals surface area contributed by atoms with E-state index in [9.17, 15) is 9.59 Å². The summed E-state index contributed by atoms with van der Waals surface area (Å²) in [7, 11) is 0. The molecule has 0 spiro atoms. The summed E-state index contributed by atoms with van der Waals surface area (Å²) in [5.41, 5.74) is 2.44. The number of aromatic amines is 1. The van der Waals surface area contributed by atoms with Gasteiger partial charge in [-0.3, -0.25) is 9.78 Å². The molecule has 4 rings (SSSR count). The molecule has 10 heteroatoms. The molecule has 0 aliphatic carbocycles. The van der Waals surface area contributed by atoms with Crippen LogP contribution in [0.4, 0.5) is 5.82 Å². The highest BCUT2D eigenvalue weighted by Crippen LogP contribution is 2.26. The Morgan fingerprint density at radius 3 is 2.79 bits per heavy atom. The zero-order valence-corrected chi connectivity index (χ0v) is 15.9. The fourth-order valence-electron chi connectivity index (χ4n) is 2.78. The molecule has 3 aromatic heterocycles. The first-order valence-electron chi connectivity index (χ1n) is 8.42. The zero-order chi connectivity index (χ0) is 19.7. The lowest BCUT2D eigenvalue weighted by atomic mass is 10.1. The molecule has 0 aliphatic heterocycles. The molecule has 3 heterocycles. The van der Waals surface area contributed by atoms with Gasteiger partial charge in [-0.05, 0) is 19.4 Å². The number of nitrogens with one attached hydrogen (secondary N) is 2. The summed E-state index contributed by atoms with van der Waals surface area (Å²) in [6.45, 7) is 3.57. The van der Waals surface area contributed by atoms with Crippen LogP contribution in [0.3, 0.4) is 0 Å². The summed E-state index contributed by atoms with van der Waals surface area (Å²) in [5, 5.41) is 11.0. The van der Waals surface area contributed by atoms with Gasteiger partial charge in [0.25, 0.3) is 0 Å². The molecule has 1 amide bonds. The van der Waals surface area contributed by atoms with Crippen LogP contribution in [0.5, 0.6) is 0 Å². The number of aromatic nitrogens is 5. The van der Waals surface area contributed by atoms with Crippen LogP contribution in [-0.2, 0) is 4.79 Å². The fraction of sp³-hybridized carbons (Fsp3) is 0.167. The Morgan fingerprint density at radius 2 is 2.07 bits per heavy atom. The van der Waals surface area contributed by atoms with Crippen LogP contribution in [0.25, 0.3) is 16.8 Å². The first-order valence-corrected chi connectivity index (χ1v) is 9.41. The maximum atomic E-state index is 12.4. The van der Waals surface area contributed by atoms with Crippen molar-refractivity contribution in [2.75, 3.05) is 11.1 Å². The molecule has 0 radical (unpaired) electrons. The summed E-state index contributed by atoms with van der Waals surface area (Å²) in [5.74, 6) is 0.717. The van der Waals surface area contributed by atoms with Crippen molar-refractivity contribution in [3.63, 3.8) is 0 Å². The third kappa shape index (κ3) is 3.54. The number of benzene rings is 1. The number of aryl methyl sites for hydroxylation is 2. The second-order valence-electron chi connectivity index (χ2n) is 6.07. The average molecular weight is 396 g/mol. The molecule has 0 aliphatic rings. The van der Waals surface area contributed by atoms with Gasteiger partial charge in [0, 0.05) is 11.6 Å². The Bertz CT molecular complexity index is 1210. The number of anilines is 1. The normalized spacial score (nSPS) is 11.1. The molecule has 0 atom stereocenters. The maximum absolute atomic E-state index is 12.4. The van der Waals surface area contributed by atoms with Crippen molar-refractivity contribution >= 4 is 29.1 Å². The van der Waals surface area contributed by atoms with Crippen LogP contribution in [0.2, 0.25) is 0 Å². The van der Waals surface area contributed by atoms with Gasteiger partial charge in [0.05, 0.1) is 11.4 Å². The van der Waals surface area contributed by atoms with Crippen LogP contribution in [0.1, 0.15) is 11.5 Å². The van der Waals surface area contributed by atoms with E-state index in [1.165, 1.54) is 4.52 Å². The Morgan fingerprint density at radius 1 is 1.29 bits per heavy atom. The lowest BCUT2D eigenvalue weighted by Crippen LogP contribution is -2.20. The molecule has 0 fully saturated rings. The first kappa shape index (κ1) is 18.0. The van der Waals surface area contributed by atoms with Crippen molar-refractivity contribution in [1.82, 2.24) is 24.7 Å². The Kier molecular flexibility index (Phi) is 4.70. The maximum Gasteiger partial charge on any atom is 0.350 e. The molecule has 4 aromatic rings. The van der Waals surface area contributed by atoms with E-state index < -0.39 is 5.69 Å². The Balaban J connectivity index is 1.60. The third-order valence-electron chi connectivity index (χ3n) is 3.95. The van der Waals surface area contributed by atoms with E-state index in [1.807, 2.05) is 37.3 Å². The van der Waals surface area contributed by atoms with Crippen molar-refractivity contribution < 1.29 is 9.32 Å². The minimum absolute atomic E-state index is 0.0544. The van der Waals surface area contributed by atoms with Crippen LogP contribution in [0.15, 0.2) is 50.9 Å². The van der Waals surface area contributed by atoms with Crippen molar-refractivity contribution in [3.05, 3.63) is 58.3 Å². The van der Waals surface area contributed by atoms with E-state index in [0.29, 0.717) is 28.1 Å². The molecule has 2 N–H and O–H groups in total. The molecule has 0 saturated heterocycles. The number of rotatable bonds is 5. The summed E-state index contributed by atoms with van der Waals surface area (Å²) in [6, 6.07) is 11.2. The number of hydrogen-bond acceptors (Lipinski definition) is 7. The summed E-state index contributed by atoms with van der Waals surface area (Å²) >= 11 is 1.12. The summed E-state index contributed by atoms with van der Waals surface area (Å²) < 4.78 is 6.14. The second-order valence-corrected chi connectivity index (χ2v) is 7.03. The van der Waals surface area contributed by atoms with Crippen LogP contribution in [0, 0.1) is 13.8 Å². The summed E-state index contributed by atoms with van der Waals surface area (Å²) in [4.78, 5) is 31.6. The molecule has 0 unspecified atom stereocenters. The average Bonchev–Trinajstić information content (AvgIpc) is 3.23. The topological polar surface area (TPSA) is 118 Å². The molecular formula is C18H16N6O3S. The molecule has 9 nitrogen and oxygen atoms in total. The van der Waals surface area contributed by atoms with Gasteiger partial charge in [-0.2, -0.15) is 9.61 Å². The lowest BCUT2D eigenvalue weighted by molar-refractivity contribution is -0.113. The van der Waals surface area contributed by atoms with Gasteiger partial charge in [0.1, 0.15) is 5.76 Å². The van der Waals surface area contributed by atoms with E-state index in [1.54, 1.807) is 13.0 Å². The fourth-order valence-corrected chi connectivity index (χ4v) is 3.43. The SMILES string of the molecule is Cc1cc(NC(=O)CSc2nc3c(-c4ccccc4)c(C)nn3c(=O)[nH]2)no1. The number of carbonyl (C=O) groups excluding carboxylic acids is 1. The van der Waals surface area contributed by atoms with Gasteiger partial charge in [-0.25, -0.2) is 9.78 Å². The van der Waals surface area contributed by atoms with Gasteiger partial charge in [0.2, 0.25) is 5.91 Å². The molecule has 1 aromatic carbocycles. The Labute approximate surface area is 163 Å². The van der Waals surface area contributed by atoms with Crippen molar-refractivity contribution in [3.8, 4) is 11.1 Å². The molecule has 0 bridgehead atoms. The lowest BCUT2D eigenvalue weighted by Gasteiger charge is -2.03. The largest absolute Gasteiger partial charge is 0.360 e. The first-order chi connectivity index (χ1) is 13.5. The number of nitrogens with zero attached hydrogens (tertiary/aromatic N) is 4. The van der Waals surface area contributed by atoms with E-state index in [4.69, 9.17) is 4.52 Å². The number of carbonyl (C=O) groups is 1. The second kappa shape index (κ2) is 7.31. The minimum atomic E-state index is -0.412. The van der Waals surface area contributed by atoms with Crippen LogP contribution >= 0.6 is 11.8 Å². The predicted octanol–water partition coefficient (Wildman–Crippen LogP) is 2.42. The Hall–Kier alpha value is -3.40. The summed E-state index contributed by atoms with van der Waals surface area (Å²) in [6.07, 6.45) is 0. The van der Waals surface area contributed by atoms with E-state index in [2.05, 4.69) is 25.5 Å². The highest BCUT2D eigenvalue weighted by Gasteiger charge is 2.16. The predicted molar refractivity (Wildman–Crippen MR) is 104 cm³/mol. The van der Waals surface area contributed by atoms with E-state index in [0.717, 1.165) is 22.9 Å². The van der Waals surface area contributed by atoms with Crippen molar-refractivity contribution in [2.24, 2.45) is 0 Å². The number of amides is 1. The van der Waals surface area contributed by atoms with Crippen LogP contribution < -0.4 is 11.0 Å². The zero-order valence-electron chi connectivity index (χ0n) is 15.1. The standard InChI is InChI=1S/C18H16N6O3S/c1-10-8-13(23-27-10)19-14(25)9-28-17-20-16-15(12-6-4-3-5-7-12)11(2)22-24(16)18(26)21-17/h3-8H,9H2,1-2H3,(H,19,23,25)(H,20,21,26). The minimum Gasteiger partial charge on any atom is -0.360 e. The number of fused-ring (bicyclic) bond motifs is 1. The smallest absolute Gasteiger partial charge is 0.350 e. The van der Waals surface area contributed by atoms with Crippen molar-refractivity contribution in [1.29, 1.82) is 0 Å². The highest BCUT2D eigenvalue weighted by atomic mass is 32.2. The quantitative estimate of drug-likeness (QED) is 0.497. The van der Waals surface area contributed by atoms with Gasteiger partial charge in [0.15, 0.2) is 16.6 Å². The molecule has 142 valence electrons. The highest BCUT2D eigenvalue weighted by molar-refractivity contribution is 7.99. The number of H-pyrrole nitrogens is 1. The number of hydrogen-bond donors (Lipinski definition) is 2. The van der Waals surface area contributed by atoms with Gasteiger partial charge in [-0.15, -0.1) is 0 Å². The van der Waals surface area contributed by atoms with Gasteiger partial charge in [-0.1, -0.05) is 47.3 Å². The molecule has 0 saturated carbocycles.